The molecule has 0 saturated heterocycles. The Morgan fingerprint density at radius 3 is 2.19 bits per heavy atom. The minimum Gasteiger partial charge on any atom is -0.390 e. The standard InChI is InChI=1S/C14H28O2/c1-11(2)10-14(16)13(15)9-8-12-6-4-3-5-7-12/h11-16H,3-10H2,1-2H3/t13?,14-/m0/s1. The Morgan fingerprint density at radius 1 is 1.00 bits per heavy atom. The summed E-state index contributed by atoms with van der Waals surface area (Å²) in [5.74, 6) is 1.26. The highest BCUT2D eigenvalue weighted by Gasteiger charge is 2.20. The van der Waals surface area contributed by atoms with Gasteiger partial charge in [-0.05, 0) is 31.1 Å². The topological polar surface area (TPSA) is 40.5 Å². The molecule has 0 aromatic heterocycles. The molecule has 96 valence electrons. The first kappa shape index (κ1) is 14.0. The summed E-state index contributed by atoms with van der Waals surface area (Å²) in [6, 6.07) is 0. The van der Waals surface area contributed by atoms with Crippen LogP contribution in [-0.4, -0.2) is 22.4 Å². The average Bonchev–Trinajstić information content (AvgIpc) is 2.26. The van der Waals surface area contributed by atoms with Crippen LogP contribution in [-0.2, 0) is 0 Å². The van der Waals surface area contributed by atoms with Crippen LogP contribution in [0.25, 0.3) is 0 Å². The summed E-state index contributed by atoms with van der Waals surface area (Å²) in [6.45, 7) is 4.16. The fraction of sp³-hybridized carbons (Fsp3) is 1.00. The fourth-order valence-corrected chi connectivity index (χ4v) is 2.71. The van der Waals surface area contributed by atoms with Crippen LogP contribution in [0.5, 0.6) is 0 Å². The molecule has 1 aliphatic carbocycles. The van der Waals surface area contributed by atoms with Crippen molar-refractivity contribution in [1.29, 1.82) is 0 Å². The molecule has 1 aliphatic rings. The van der Waals surface area contributed by atoms with Crippen LogP contribution < -0.4 is 0 Å². The molecule has 0 aliphatic heterocycles. The molecule has 2 N–H and O–H groups in total. The highest BCUT2D eigenvalue weighted by molar-refractivity contribution is 4.72. The molecule has 0 aromatic carbocycles. The van der Waals surface area contributed by atoms with E-state index in [2.05, 4.69) is 13.8 Å². The molecule has 1 rings (SSSR count). The Balaban J connectivity index is 2.15. The second-order valence-electron chi connectivity index (χ2n) is 5.85. The zero-order valence-corrected chi connectivity index (χ0v) is 10.9. The van der Waals surface area contributed by atoms with Gasteiger partial charge in [0.2, 0.25) is 0 Å². The van der Waals surface area contributed by atoms with Gasteiger partial charge in [-0.2, -0.15) is 0 Å². The predicted octanol–water partition coefficient (Wildman–Crippen LogP) is 3.11. The van der Waals surface area contributed by atoms with Gasteiger partial charge < -0.3 is 10.2 Å². The molecule has 0 spiro atoms. The summed E-state index contributed by atoms with van der Waals surface area (Å²) in [7, 11) is 0. The Morgan fingerprint density at radius 2 is 1.62 bits per heavy atom. The second-order valence-corrected chi connectivity index (χ2v) is 5.85. The first-order chi connectivity index (χ1) is 7.59. The molecule has 2 nitrogen and oxygen atoms in total. The van der Waals surface area contributed by atoms with E-state index in [-0.39, 0.29) is 0 Å². The number of hydrogen-bond donors (Lipinski definition) is 2. The van der Waals surface area contributed by atoms with Crippen molar-refractivity contribution in [3.63, 3.8) is 0 Å². The number of hydrogen-bond acceptors (Lipinski definition) is 2. The number of aliphatic hydroxyl groups is 2. The van der Waals surface area contributed by atoms with Gasteiger partial charge >= 0.3 is 0 Å². The van der Waals surface area contributed by atoms with Gasteiger partial charge in [0, 0.05) is 0 Å². The highest BCUT2D eigenvalue weighted by atomic mass is 16.3. The SMILES string of the molecule is CC(C)C[C@H](O)C(O)CCC1CCCCC1. The monoisotopic (exact) mass is 228 g/mol. The summed E-state index contributed by atoms with van der Waals surface area (Å²) in [5, 5.41) is 19.6. The van der Waals surface area contributed by atoms with E-state index in [1.807, 2.05) is 0 Å². The van der Waals surface area contributed by atoms with E-state index in [0.29, 0.717) is 12.3 Å². The van der Waals surface area contributed by atoms with E-state index in [9.17, 15) is 10.2 Å². The summed E-state index contributed by atoms with van der Waals surface area (Å²) < 4.78 is 0. The predicted molar refractivity (Wildman–Crippen MR) is 67.3 cm³/mol. The van der Waals surface area contributed by atoms with Gasteiger partial charge in [-0.3, -0.25) is 0 Å². The maximum Gasteiger partial charge on any atom is 0.0801 e. The van der Waals surface area contributed by atoms with Crippen LogP contribution in [0.3, 0.4) is 0 Å². The van der Waals surface area contributed by atoms with Crippen molar-refractivity contribution in [3.8, 4) is 0 Å². The van der Waals surface area contributed by atoms with Crippen molar-refractivity contribution >= 4 is 0 Å². The van der Waals surface area contributed by atoms with Gasteiger partial charge in [0.25, 0.3) is 0 Å². The van der Waals surface area contributed by atoms with Crippen molar-refractivity contribution in [2.75, 3.05) is 0 Å². The third-order valence-corrected chi connectivity index (χ3v) is 3.75. The maximum atomic E-state index is 9.85. The minimum absolute atomic E-state index is 0.458. The van der Waals surface area contributed by atoms with Gasteiger partial charge in [-0.15, -0.1) is 0 Å². The minimum atomic E-state index is -0.524. The van der Waals surface area contributed by atoms with Crippen LogP contribution >= 0.6 is 0 Å². The highest BCUT2D eigenvalue weighted by Crippen LogP contribution is 2.28. The lowest BCUT2D eigenvalue weighted by molar-refractivity contribution is -0.000914. The molecule has 1 unspecified atom stereocenters. The van der Waals surface area contributed by atoms with Crippen LogP contribution in [0.1, 0.15) is 65.2 Å². The lowest BCUT2D eigenvalue weighted by atomic mass is 9.84. The lowest BCUT2D eigenvalue weighted by Gasteiger charge is -2.24. The largest absolute Gasteiger partial charge is 0.390 e. The first-order valence-electron chi connectivity index (χ1n) is 6.95. The molecule has 0 heterocycles. The quantitative estimate of drug-likeness (QED) is 0.733. The van der Waals surface area contributed by atoms with E-state index in [0.717, 1.165) is 18.8 Å². The molecule has 2 atom stereocenters. The van der Waals surface area contributed by atoms with Gasteiger partial charge in [-0.1, -0.05) is 46.0 Å². The summed E-state index contributed by atoms with van der Waals surface area (Å²) in [4.78, 5) is 0. The third kappa shape index (κ3) is 5.31. The van der Waals surface area contributed by atoms with E-state index in [1.165, 1.54) is 32.1 Å². The van der Waals surface area contributed by atoms with Crippen molar-refractivity contribution in [1.82, 2.24) is 0 Å². The van der Waals surface area contributed by atoms with Crippen molar-refractivity contribution in [3.05, 3.63) is 0 Å². The normalized spacial score (nSPS) is 22.3. The molecule has 0 aromatic rings. The Kier molecular flexibility index (Phi) is 6.37. The molecule has 0 radical (unpaired) electrons. The third-order valence-electron chi connectivity index (χ3n) is 3.75. The van der Waals surface area contributed by atoms with Crippen molar-refractivity contribution in [2.45, 2.75) is 77.4 Å². The second kappa shape index (κ2) is 7.29. The maximum absolute atomic E-state index is 9.85. The molecule has 0 bridgehead atoms. The fourth-order valence-electron chi connectivity index (χ4n) is 2.71. The smallest absolute Gasteiger partial charge is 0.0801 e. The molecule has 1 fully saturated rings. The van der Waals surface area contributed by atoms with Gasteiger partial charge in [-0.25, -0.2) is 0 Å². The van der Waals surface area contributed by atoms with Crippen molar-refractivity contribution < 1.29 is 10.2 Å². The molecule has 0 amide bonds. The molecule has 2 heteroatoms. The van der Waals surface area contributed by atoms with Crippen LogP contribution in [0.15, 0.2) is 0 Å². The van der Waals surface area contributed by atoms with Crippen LogP contribution in [0.2, 0.25) is 0 Å². The van der Waals surface area contributed by atoms with Crippen molar-refractivity contribution in [2.24, 2.45) is 11.8 Å². The molecular weight excluding hydrogens is 200 g/mol. The van der Waals surface area contributed by atoms with Gasteiger partial charge in [0.05, 0.1) is 12.2 Å². The Bertz CT molecular complexity index is 174. The zero-order valence-electron chi connectivity index (χ0n) is 10.9. The first-order valence-corrected chi connectivity index (χ1v) is 6.95. The summed E-state index contributed by atoms with van der Waals surface area (Å²) in [5.41, 5.74) is 0. The van der Waals surface area contributed by atoms with Gasteiger partial charge in [0.1, 0.15) is 0 Å². The van der Waals surface area contributed by atoms with E-state index in [4.69, 9.17) is 0 Å². The summed E-state index contributed by atoms with van der Waals surface area (Å²) >= 11 is 0. The molecule has 16 heavy (non-hydrogen) atoms. The lowest BCUT2D eigenvalue weighted by Crippen LogP contribution is -2.28. The van der Waals surface area contributed by atoms with Crippen LogP contribution in [0.4, 0.5) is 0 Å². The molecular formula is C14H28O2. The number of aliphatic hydroxyl groups excluding tert-OH is 2. The van der Waals surface area contributed by atoms with E-state index >= 15 is 0 Å². The number of rotatable bonds is 6. The average molecular weight is 228 g/mol. The van der Waals surface area contributed by atoms with Gasteiger partial charge in [0.15, 0.2) is 0 Å². The van der Waals surface area contributed by atoms with Crippen LogP contribution in [0, 0.1) is 11.8 Å². The zero-order chi connectivity index (χ0) is 12.0. The Hall–Kier alpha value is -0.0800. The Labute approximate surface area is 100 Å². The molecule has 1 saturated carbocycles. The summed E-state index contributed by atoms with van der Waals surface area (Å²) in [6.07, 6.45) is 8.30. The van der Waals surface area contributed by atoms with E-state index in [1.54, 1.807) is 0 Å². The van der Waals surface area contributed by atoms with E-state index < -0.39 is 12.2 Å².